The Morgan fingerprint density at radius 3 is 3.38 bits per heavy atom. The molecule has 0 saturated heterocycles. The minimum Gasteiger partial charge on any atom is -0.241 e. The molecule has 0 fully saturated rings. The number of aromatic nitrogens is 1. The predicted octanol–water partition coefficient (Wildman–Crippen LogP) is 1.94. The Labute approximate surface area is 81.3 Å². The van der Waals surface area contributed by atoms with Gasteiger partial charge in [-0.2, -0.15) is 0 Å². The van der Waals surface area contributed by atoms with Crippen LogP contribution in [-0.2, 0) is 13.0 Å². The van der Waals surface area contributed by atoms with E-state index in [1.54, 1.807) is 6.20 Å². The van der Waals surface area contributed by atoms with E-state index in [2.05, 4.69) is 32.3 Å². The first-order valence-corrected chi connectivity index (χ1v) is 4.35. The minimum absolute atomic E-state index is 0.581. The first-order chi connectivity index (χ1) is 6.42. The van der Waals surface area contributed by atoms with Crippen LogP contribution in [0.25, 0.3) is 0 Å². The molecule has 0 bridgehead atoms. The molecule has 1 aliphatic rings. The molecule has 1 aliphatic heterocycles. The van der Waals surface area contributed by atoms with Gasteiger partial charge in [-0.25, -0.2) is 15.0 Å². The molecule has 0 radical (unpaired) electrons. The molecular formula is C9H7N3S. The Kier molecular flexibility index (Phi) is 2.25. The Bertz CT molecular complexity index is 405. The summed E-state index contributed by atoms with van der Waals surface area (Å²) in [4.78, 5) is 12.2. The van der Waals surface area contributed by atoms with Crippen LogP contribution < -0.4 is 0 Å². The lowest BCUT2D eigenvalue weighted by Gasteiger charge is -2.01. The average Bonchev–Trinajstić information content (AvgIpc) is 2.62. The number of rotatable bonds is 2. The number of pyridine rings is 1. The SMILES string of the molecule is S=C=NCc1ccnc2c1CC=N2. The molecule has 0 atom stereocenters. The van der Waals surface area contributed by atoms with Crippen molar-refractivity contribution in [3.05, 3.63) is 23.4 Å². The van der Waals surface area contributed by atoms with Crippen LogP contribution >= 0.6 is 12.2 Å². The lowest BCUT2D eigenvalue weighted by Crippen LogP contribution is -1.91. The fourth-order valence-electron chi connectivity index (χ4n) is 1.34. The molecule has 4 heteroatoms. The highest BCUT2D eigenvalue weighted by atomic mass is 32.1. The van der Waals surface area contributed by atoms with Crippen LogP contribution in [0.2, 0.25) is 0 Å². The molecule has 2 rings (SSSR count). The largest absolute Gasteiger partial charge is 0.241 e. The van der Waals surface area contributed by atoms with Gasteiger partial charge < -0.3 is 0 Å². The molecule has 0 saturated carbocycles. The van der Waals surface area contributed by atoms with Gasteiger partial charge in [0.25, 0.3) is 0 Å². The summed E-state index contributed by atoms with van der Waals surface area (Å²) in [6, 6.07) is 1.95. The lowest BCUT2D eigenvalue weighted by atomic mass is 10.1. The van der Waals surface area contributed by atoms with Gasteiger partial charge in [0, 0.05) is 24.4 Å². The Morgan fingerprint density at radius 2 is 2.54 bits per heavy atom. The van der Waals surface area contributed by atoms with E-state index in [-0.39, 0.29) is 0 Å². The molecule has 3 nitrogen and oxygen atoms in total. The summed E-state index contributed by atoms with van der Waals surface area (Å²) in [5, 5.41) is 2.35. The third-order valence-corrected chi connectivity index (χ3v) is 2.08. The molecule has 1 aromatic heterocycles. The van der Waals surface area contributed by atoms with Crippen LogP contribution in [0.1, 0.15) is 11.1 Å². The minimum atomic E-state index is 0.581. The second kappa shape index (κ2) is 3.56. The number of nitrogens with zero attached hydrogens (tertiary/aromatic N) is 3. The Hall–Kier alpha value is -1.38. The molecule has 0 spiro atoms. The van der Waals surface area contributed by atoms with E-state index in [0.29, 0.717) is 6.54 Å². The number of aliphatic imine (C=N–C) groups is 2. The van der Waals surface area contributed by atoms with Crippen molar-refractivity contribution in [3.8, 4) is 0 Å². The molecular weight excluding hydrogens is 182 g/mol. The number of isothiocyanates is 1. The van der Waals surface area contributed by atoms with Crippen molar-refractivity contribution in [1.82, 2.24) is 4.98 Å². The van der Waals surface area contributed by atoms with E-state index in [1.165, 1.54) is 0 Å². The highest BCUT2D eigenvalue weighted by Crippen LogP contribution is 2.24. The standard InChI is InChI=1S/C9H7N3S/c13-6-10-5-7-1-3-11-9-8(7)2-4-12-9/h1,3-4H,2,5H2. The zero-order valence-corrected chi connectivity index (χ0v) is 7.71. The van der Waals surface area contributed by atoms with Crippen molar-refractivity contribution in [1.29, 1.82) is 0 Å². The zero-order valence-electron chi connectivity index (χ0n) is 6.90. The molecule has 0 N–H and O–H groups in total. The van der Waals surface area contributed by atoms with E-state index < -0.39 is 0 Å². The van der Waals surface area contributed by atoms with E-state index in [9.17, 15) is 0 Å². The summed E-state index contributed by atoms with van der Waals surface area (Å²) in [5.74, 6) is 0.817. The van der Waals surface area contributed by atoms with Gasteiger partial charge in [-0.05, 0) is 23.8 Å². The van der Waals surface area contributed by atoms with Crippen molar-refractivity contribution in [2.24, 2.45) is 9.98 Å². The third-order valence-electron chi connectivity index (χ3n) is 1.95. The van der Waals surface area contributed by atoms with Gasteiger partial charge in [0.1, 0.15) is 0 Å². The molecule has 0 unspecified atom stereocenters. The molecule has 0 aromatic carbocycles. The monoisotopic (exact) mass is 189 g/mol. The quantitative estimate of drug-likeness (QED) is 0.526. The van der Waals surface area contributed by atoms with Gasteiger partial charge >= 0.3 is 0 Å². The maximum Gasteiger partial charge on any atom is 0.155 e. The van der Waals surface area contributed by atoms with Crippen molar-refractivity contribution in [3.63, 3.8) is 0 Å². The van der Waals surface area contributed by atoms with E-state index in [0.717, 1.165) is 23.4 Å². The fraction of sp³-hybridized carbons (Fsp3) is 0.222. The molecule has 0 aliphatic carbocycles. The normalized spacial score (nSPS) is 12.3. The van der Waals surface area contributed by atoms with Crippen LogP contribution in [0.4, 0.5) is 5.82 Å². The number of fused-ring (bicyclic) bond motifs is 1. The summed E-state index contributed by atoms with van der Waals surface area (Å²) >= 11 is 4.52. The summed E-state index contributed by atoms with van der Waals surface area (Å²) in [6.45, 7) is 0.581. The Morgan fingerprint density at radius 1 is 1.62 bits per heavy atom. The highest BCUT2D eigenvalue weighted by molar-refractivity contribution is 7.78. The Balaban J connectivity index is 2.38. The van der Waals surface area contributed by atoms with Gasteiger partial charge in [-0.3, -0.25) is 0 Å². The van der Waals surface area contributed by atoms with Crippen LogP contribution in [0.5, 0.6) is 0 Å². The van der Waals surface area contributed by atoms with Gasteiger partial charge in [-0.15, -0.1) is 0 Å². The number of thiocarbonyl (C=S) groups is 1. The smallest absolute Gasteiger partial charge is 0.155 e. The van der Waals surface area contributed by atoms with Crippen molar-refractivity contribution in [2.75, 3.05) is 0 Å². The van der Waals surface area contributed by atoms with Gasteiger partial charge in [0.05, 0.1) is 11.7 Å². The number of hydrogen-bond acceptors (Lipinski definition) is 4. The van der Waals surface area contributed by atoms with Crippen molar-refractivity contribution < 1.29 is 0 Å². The summed E-state index contributed by atoms with van der Waals surface area (Å²) in [5.41, 5.74) is 2.30. The van der Waals surface area contributed by atoms with Crippen LogP contribution in [0.15, 0.2) is 22.2 Å². The van der Waals surface area contributed by atoms with Crippen molar-refractivity contribution >= 4 is 29.4 Å². The van der Waals surface area contributed by atoms with Crippen LogP contribution in [-0.4, -0.2) is 16.4 Å². The first kappa shape index (κ1) is 8.23. The summed E-state index contributed by atoms with van der Waals surface area (Å²) in [6.07, 6.45) is 4.46. The molecule has 1 aromatic rings. The zero-order chi connectivity index (χ0) is 9.10. The van der Waals surface area contributed by atoms with Gasteiger partial charge in [-0.1, -0.05) is 0 Å². The van der Waals surface area contributed by atoms with Crippen LogP contribution in [0.3, 0.4) is 0 Å². The molecule has 0 amide bonds. The van der Waals surface area contributed by atoms with Gasteiger partial charge in [0.2, 0.25) is 0 Å². The fourth-order valence-corrected chi connectivity index (χ4v) is 1.41. The first-order valence-electron chi connectivity index (χ1n) is 3.94. The predicted molar refractivity (Wildman–Crippen MR) is 54.8 cm³/mol. The van der Waals surface area contributed by atoms with E-state index >= 15 is 0 Å². The summed E-state index contributed by atoms with van der Waals surface area (Å²) in [7, 11) is 0. The summed E-state index contributed by atoms with van der Waals surface area (Å²) < 4.78 is 0. The molecule has 2 heterocycles. The van der Waals surface area contributed by atoms with E-state index in [4.69, 9.17) is 0 Å². The maximum atomic E-state index is 4.52. The lowest BCUT2D eigenvalue weighted by molar-refractivity contribution is 1.04. The third kappa shape index (κ3) is 1.54. The highest BCUT2D eigenvalue weighted by Gasteiger charge is 2.11. The van der Waals surface area contributed by atoms with Crippen molar-refractivity contribution in [2.45, 2.75) is 13.0 Å². The van der Waals surface area contributed by atoms with Crippen LogP contribution in [0, 0.1) is 0 Å². The second-order valence-corrected chi connectivity index (χ2v) is 2.88. The van der Waals surface area contributed by atoms with E-state index in [1.807, 2.05) is 12.3 Å². The molecule has 64 valence electrons. The average molecular weight is 189 g/mol. The van der Waals surface area contributed by atoms with Gasteiger partial charge in [0.15, 0.2) is 5.82 Å². The maximum absolute atomic E-state index is 4.52. The number of hydrogen-bond donors (Lipinski definition) is 0. The topological polar surface area (TPSA) is 37.6 Å². The second-order valence-electron chi connectivity index (χ2n) is 2.70. The molecule has 13 heavy (non-hydrogen) atoms.